The Morgan fingerprint density at radius 1 is 1.07 bits per heavy atom. The minimum Gasteiger partial charge on any atom is -0.493 e. The van der Waals surface area contributed by atoms with Crippen LogP contribution in [0.3, 0.4) is 0 Å². The number of imidazole rings is 1. The first-order valence-corrected chi connectivity index (χ1v) is 9.96. The van der Waals surface area contributed by atoms with Gasteiger partial charge in [-0.25, -0.2) is 4.98 Å². The molecule has 3 aromatic rings. The van der Waals surface area contributed by atoms with Crippen LogP contribution in [0.5, 0.6) is 17.2 Å². The van der Waals surface area contributed by atoms with Gasteiger partial charge in [-0.1, -0.05) is 42.1 Å². The van der Waals surface area contributed by atoms with E-state index in [0.717, 1.165) is 16.4 Å². The topological polar surface area (TPSA) is 85.5 Å². The minimum atomic E-state index is -0.214. The molecule has 0 aliphatic carbocycles. The van der Waals surface area contributed by atoms with Gasteiger partial charge in [0.2, 0.25) is 5.75 Å². The van der Waals surface area contributed by atoms with Crippen molar-refractivity contribution < 1.29 is 19.0 Å². The molecular formula is C21H23N3O4S. The van der Waals surface area contributed by atoms with Crippen LogP contribution in [0.25, 0.3) is 11.3 Å². The molecule has 2 aromatic carbocycles. The molecule has 1 amide bonds. The van der Waals surface area contributed by atoms with E-state index in [2.05, 4.69) is 15.3 Å². The second-order valence-electron chi connectivity index (χ2n) is 5.99. The molecule has 0 saturated heterocycles. The van der Waals surface area contributed by atoms with E-state index in [1.54, 1.807) is 23.9 Å². The summed E-state index contributed by atoms with van der Waals surface area (Å²) >= 11 is 1.54. The number of methoxy groups -OCH3 is 3. The molecule has 0 unspecified atom stereocenters. The smallest absolute Gasteiger partial charge is 0.251 e. The number of benzene rings is 2. The Labute approximate surface area is 173 Å². The largest absolute Gasteiger partial charge is 0.493 e. The van der Waals surface area contributed by atoms with Crippen LogP contribution in [0.15, 0.2) is 53.8 Å². The molecule has 1 aromatic heterocycles. The lowest BCUT2D eigenvalue weighted by Gasteiger charge is -2.14. The van der Waals surface area contributed by atoms with Crippen LogP contribution in [-0.4, -0.2) is 49.5 Å². The third kappa shape index (κ3) is 5.03. The van der Waals surface area contributed by atoms with Gasteiger partial charge in [-0.15, -0.1) is 0 Å². The fourth-order valence-corrected chi connectivity index (χ4v) is 3.47. The van der Waals surface area contributed by atoms with Crippen molar-refractivity contribution in [2.45, 2.75) is 5.16 Å². The van der Waals surface area contributed by atoms with Crippen molar-refractivity contribution in [3.05, 3.63) is 54.2 Å². The van der Waals surface area contributed by atoms with Crippen molar-refractivity contribution in [3.63, 3.8) is 0 Å². The van der Waals surface area contributed by atoms with Gasteiger partial charge in [-0.2, -0.15) is 0 Å². The van der Waals surface area contributed by atoms with Crippen molar-refractivity contribution >= 4 is 17.7 Å². The predicted octanol–water partition coefficient (Wildman–Crippen LogP) is 3.62. The van der Waals surface area contributed by atoms with E-state index in [0.29, 0.717) is 35.1 Å². The van der Waals surface area contributed by atoms with Crippen LogP contribution in [0.4, 0.5) is 0 Å². The number of ether oxygens (including phenoxy) is 3. The fraction of sp³-hybridized carbons (Fsp3) is 0.238. The maximum Gasteiger partial charge on any atom is 0.251 e. The number of hydrogen-bond acceptors (Lipinski definition) is 6. The number of amides is 1. The number of aromatic amines is 1. The van der Waals surface area contributed by atoms with Gasteiger partial charge in [-0.05, 0) is 17.7 Å². The Hall–Kier alpha value is -3.13. The summed E-state index contributed by atoms with van der Waals surface area (Å²) < 4.78 is 15.9. The minimum absolute atomic E-state index is 0.214. The summed E-state index contributed by atoms with van der Waals surface area (Å²) in [5, 5.41) is 3.71. The Balaban J connectivity index is 1.55. The highest BCUT2D eigenvalue weighted by Gasteiger charge is 2.16. The van der Waals surface area contributed by atoms with Crippen LogP contribution in [0.2, 0.25) is 0 Å². The molecule has 0 spiro atoms. The van der Waals surface area contributed by atoms with Crippen molar-refractivity contribution in [1.29, 1.82) is 0 Å². The first-order chi connectivity index (χ1) is 14.2. The lowest BCUT2D eigenvalue weighted by Crippen LogP contribution is -2.25. The van der Waals surface area contributed by atoms with Gasteiger partial charge in [0, 0.05) is 17.9 Å². The number of H-pyrrole nitrogens is 1. The zero-order chi connectivity index (χ0) is 20.6. The van der Waals surface area contributed by atoms with Gasteiger partial charge in [-0.3, -0.25) is 4.79 Å². The predicted molar refractivity (Wildman–Crippen MR) is 113 cm³/mol. The summed E-state index contributed by atoms with van der Waals surface area (Å²) in [5.74, 6) is 1.80. The zero-order valence-electron chi connectivity index (χ0n) is 16.5. The number of nitrogens with one attached hydrogen (secondary N) is 2. The molecule has 3 rings (SSSR count). The molecule has 2 N–H and O–H groups in total. The molecule has 152 valence electrons. The first kappa shape index (κ1) is 20.6. The molecule has 0 aliphatic rings. The lowest BCUT2D eigenvalue weighted by molar-refractivity contribution is 0.0955. The molecule has 7 nitrogen and oxygen atoms in total. The highest BCUT2D eigenvalue weighted by atomic mass is 32.2. The molecule has 0 saturated carbocycles. The maximum absolute atomic E-state index is 12.5. The Bertz CT molecular complexity index is 935. The first-order valence-electron chi connectivity index (χ1n) is 8.97. The molecule has 0 fully saturated rings. The average molecular weight is 413 g/mol. The van der Waals surface area contributed by atoms with Crippen LogP contribution in [-0.2, 0) is 0 Å². The van der Waals surface area contributed by atoms with Crippen molar-refractivity contribution in [2.75, 3.05) is 33.6 Å². The molecule has 8 heteroatoms. The molecular weight excluding hydrogens is 390 g/mol. The summed E-state index contributed by atoms with van der Waals surface area (Å²) in [7, 11) is 4.56. The summed E-state index contributed by atoms with van der Waals surface area (Å²) in [5.41, 5.74) is 2.49. The number of rotatable bonds is 9. The van der Waals surface area contributed by atoms with Gasteiger partial charge >= 0.3 is 0 Å². The Morgan fingerprint density at radius 2 is 1.76 bits per heavy atom. The van der Waals surface area contributed by atoms with Crippen LogP contribution < -0.4 is 19.5 Å². The summed E-state index contributed by atoms with van der Waals surface area (Å²) in [6, 6.07) is 13.3. The van der Waals surface area contributed by atoms with E-state index in [-0.39, 0.29) is 5.91 Å². The van der Waals surface area contributed by atoms with E-state index in [1.165, 1.54) is 21.3 Å². The highest BCUT2D eigenvalue weighted by molar-refractivity contribution is 7.99. The quantitative estimate of drug-likeness (QED) is 0.412. The molecule has 0 atom stereocenters. The molecule has 0 radical (unpaired) electrons. The zero-order valence-corrected chi connectivity index (χ0v) is 17.3. The van der Waals surface area contributed by atoms with Crippen LogP contribution >= 0.6 is 11.8 Å². The number of thioether (sulfide) groups is 1. The van der Waals surface area contributed by atoms with Gasteiger partial charge in [0.1, 0.15) is 0 Å². The van der Waals surface area contributed by atoms with E-state index in [9.17, 15) is 4.79 Å². The summed E-state index contributed by atoms with van der Waals surface area (Å²) in [4.78, 5) is 20.1. The third-order valence-electron chi connectivity index (χ3n) is 4.19. The summed E-state index contributed by atoms with van der Waals surface area (Å²) in [6.45, 7) is 0.488. The normalized spacial score (nSPS) is 10.4. The van der Waals surface area contributed by atoms with Crippen molar-refractivity contribution in [1.82, 2.24) is 15.3 Å². The SMILES string of the molecule is COc1cc(C(=O)NCCSc2ncc(-c3ccccc3)[nH]2)cc(OC)c1OC. The lowest BCUT2D eigenvalue weighted by atomic mass is 10.1. The number of nitrogens with zero attached hydrogens (tertiary/aromatic N) is 1. The van der Waals surface area contributed by atoms with Gasteiger partial charge < -0.3 is 24.5 Å². The van der Waals surface area contributed by atoms with Crippen molar-refractivity contribution in [2.24, 2.45) is 0 Å². The van der Waals surface area contributed by atoms with Crippen LogP contribution in [0, 0.1) is 0 Å². The highest BCUT2D eigenvalue weighted by Crippen LogP contribution is 2.38. The number of hydrogen-bond donors (Lipinski definition) is 2. The summed E-state index contributed by atoms with van der Waals surface area (Å²) in [6.07, 6.45) is 1.81. The molecule has 29 heavy (non-hydrogen) atoms. The van der Waals surface area contributed by atoms with Crippen molar-refractivity contribution in [3.8, 4) is 28.5 Å². The second kappa shape index (κ2) is 9.88. The molecule has 0 bridgehead atoms. The van der Waals surface area contributed by atoms with Gasteiger partial charge in [0.25, 0.3) is 5.91 Å². The Morgan fingerprint density at radius 3 is 2.38 bits per heavy atom. The second-order valence-corrected chi connectivity index (χ2v) is 7.07. The standard InChI is InChI=1S/C21H23N3O4S/c1-26-17-11-15(12-18(27-2)19(17)28-3)20(25)22-9-10-29-21-23-13-16(24-21)14-7-5-4-6-8-14/h4-8,11-13H,9-10H2,1-3H3,(H,22,25)(H,23,24). The average Bonchev–Trinajstić information content (AvgIpc) is 3.25. The number of carbonyl (C=O) groups excluding carboxylic acids is 1. The van der Waals surface area contributed by atoms with E-state index < -0.39 is 0 Å². The van der Waals surface area contributed by atoms with E-state index in [4.69, 9.17) is 14.2 Å². The maximum atomic E-state index is 12.5. The third-order valence-corrected chi connectivity index (χ3v) is 5.08. The number of aromatic nitrogens is 2. The van der Waals surface area contributed by atoms with Gasteiger partial charge in [0.05, 0.1) is 33.2 Å². The van der Waals surface area contributed by atoms with Crippen LogP contribution in [0.1, 0.15) is 10.4 Å². The molecule has 0 aliphatic heterocycles. The Kier molecular flexibility index (Phi) is 7.02. The van der Waals surface area contributed by atoms with E-state index in [1.807, 2.05) is 36.5 Å². The number of carbonyl (C=O) groups is 1. The van der Waals surface area contributed by atoms with E-state index >= 15 is 0 Å². The monoisotopic (exact) mass is 413 g/mol. The molecule has 1 heterocycles. The fourth-order valence-electron chi connectivity index (χ4n) is 2.77. The van der Waals surface area contributed by atoms with Gasteiger partial charge in [0.15, 0.2) is 16.7 Å².